The average molecular weight is 112 g/mol. The summed E-state index contributed by atoms with van der Waals surface area (Å²) in [5.74, 6) is -0.340. The van der Waals surface area contributed by atoms with Crippen LogP contribution in [-0.2, 0) is 4.79 Å². The molecule has 0 radical (unpaired) electrons. The van der Waals surface area contributed by atoms with Crippen LogP contribution in [0.15, 0.2) is 0 Å². The quantitative estimate of drug-likeness (QED) is 0.444. The fourth-order valence-corrected chi connectivity index (χ4v) is 1.01. The minimum Gasteiger partial charge on any atom is -0.508 e. The molecule has 0 unspecified atom stereocenters. The Bertz CT molecular complexity index is 92.7. The Morgan fingerprint density at radius 3 is 2.12 bits per heavy atom. The highest BCUT2D eigenvalue weighted by atomic mass is 16.4. The fraction of sp³-hybridized carbons (Fsp3) is 0.667. The van der Waals surface area contributed by atoms with Crippen molar-refractivity contribution in [3.63, 3.8) is 0 Å². The normalized spacial score (nSPS) is 19.2. The van der Waals surface area contributed by atoms with Crippen molar-refractivity contribution in [3.05, 3.63) is 5.92 Å². The summed E-state index contributed by atoms with van der Waals surface area (Å²) in [7, 11) is 0. The molecule has 2 heteroatoms. The van der Waals surface area contributed by atoms with Crippen LogP contribution in [0.5, 0.6) is 0 Å². The van der Waals surface area contributed by atoms with E-state index in [9.17, 15) is 9.90 Å². The third-order valence-electron chi connectivity index (χ3n) is 1.50. The van der Waals surface area contributed by atoms with Crippen LogP contribution in [-0.4, -0.2) is 5.97 Å². The predicted octanol–water partition coefficient (Wildman–Crippen LogP) is -0.115. The summed E-state index contributed by atoms with van der Waals surface area (Å²) >= 11 is 0. The fourth-order valence-electron chi connectivity index (χ4n) is 1.01. The van der Waals surface area contributed by atoms with Crippen molar-refractivity contribution in [3.8, 4) is 0 Å². The molecule has 44 valence electrons. The van der Waals surface area contributed by atoms with Gasteiger partial charge in [0.1, 0.15) is 5.92 Å². The maximum atomic E-state index is 10.1. The minimum atomic E-state index is -0.942. The van der Waals surface area contributed by atoms with Gasteiger partial charge >= 0.3 is 0 Å². The number of rotatable bonds is 1. The summed E-state index contributed by atoms with van der Waals surface area (Å²) in [6.07, 6.45) is 3.57. The molecule has 1 fully saturated rings. The van der Waals surface area contributed by atoms with E-state index in [-0.39, 0.29) is 0 Å². The van der Waals surface area contributed by atoms with Gasteiger partial charge in [0.25, 0.3) is 0 Å². The van der Waals surface area contributed by atoms with E-state index in [1.807, 2.05) is 0 Å². The molecule has 0 aromatic carbocycles. The summed E-state index contributed by atoms with van der Waals surface area (Å²) in [4.78, 5) is 10.1. The SMILES string of the molecule is O=C([O-])[C+]1CCCC1. The lowest BCUT2D eigenvalue weighted by Crippen LogP contribution is -2.27. The van der Waals surface area contributed by atoms with Crippen molar-refractivity contribution in [2.24, 2.45) is 0 Å². The molecule has 0 aliphatic heterocycles. The molecule has 0 amide bonds. The van der Waals surface area contributed by atoms with Crippen LogP contribution in [0.2, 0.25) is 0 Å². The highest BCUT2D eigenvalue weighted by molar-refractivity contribution is 5.80. The van der Waals surface area contributed by atoms with Crippen molar-refractivity contribution >= 4 is 5.97 Å². The van der Waals surface area contributed by atoms with Gasteiger partial charge in [0, 0.05) is 0 Å². The van der Waals surface area contributed by atoms with Crippen LogP contribution >= 0.6 is 0 Å². The topological polar surface area (TPSA) is 40.1 Å². The molecule has 0 N–H and O–H groups in total. The highest BCUT2D eigenvalue weighted by Crippen LogP contribution is 2.25. The van der Waals surface area contributed by atoms with E-state index in [4.69, 9.17) is 0 Å². The molecule has 2 nitrogen and oxygen atoms in total. The molecular weight excluding hydrogens is 104 g/mol. The van der Waals surface area contributed by atoms with Gasteiger partial charge in [-0.05, 0) is 12.8 Å². The van der Waals surface area contributed by atoms with Gasteiger partial charge in [-0.15, -0.1) is 0 Å². The Morgan fingerprint density at radius 2 is 1.88 bits per heavy atom. The third kappa shape index (κ3) is 0.941. The first-order valence-electron chi connectivity index (χ1n) is 2.87. The molecule has 1 aliphatic rings. The molecule has 1 saturated carbocycles. The molecule has 0 heterocycles. The van der Waals surface area contributed by atoms with E-state index < -0.39 is 5.97 Å². The van der Waals surface area contributed by atoms with E-state index in [0.717, 1.165) is 25.7 Å². The molecule has 0 spiro atoms. The molecule has 0 bridgehead atoms. The number of aliphatic carboxylic acids is 1. The first-order valence-corrected chi connectivity index (χ1v) is 2.87. The number of hydrogen-bond acceptors (Lipinski definition) is 2. The minimum absolute atomic E-state index is 0.602. The summed E-state index contributed by atoms with van der Waals surface area (Å²) in [6, 6.07) is 0. The Balaban J connectivity index is 2.35. The van der Waals surface area contributed by atoms with Gasteiger partial charge in [-0.2, -0.15) is 0 Å². The van der Waals surface area contributed by atoms with Gasteiger partial charge in [0.15, 0.2) is 0 Å². The third-order valence-corrected chi connectivity index (χ3v) is 1.50. The van der Waals surface area contributed by atoms with E-state index in [1.54, 1.807) is 0 Å². The van der Waals surface area contributed by atoms with Gasteiger partial charge in [0.05, 0.1) is 12.8 Å². The van der Waals surface area contributed by atoms with E-state index in [2.05, 4.69) is 0 Å². The van der Waals surface area contributed by atoms with E-state index in [0.29, 0.717) is 5.92 Å². The zero-order valence-corrected chi connectivity index (χ0v) is 4.64. The van der Waals surface area contributed by atoms with Crippen molar-refractivity contribution in [2.45, 2.75) is 25.7 Å². The Labute approximate surface area is 48.5 Å². The summed E-state index contributed by atoms with van der Waals surface area (Å²) in [6.45, 7) is 0. The van der Waals surface area contributed by atoms with Crippen LogP contribution < -0.4 is 5.11 Å². The van der Waals surface area contributed by atoms with E-state index in [1.165, 1.54) is 0 Å². The van der Waals surface area contributed by atoms with Crippen LogP contribution in [0.4, 0.5) is 0 Å². The van der Waals surface area contributed by atoms with Gasteiger partial charge in [-0.25, -0.2) is 0 Å². The average Bonchev–Trinajstić information content (AvgIpc) is 2.12. The molecule has 0 atom stereocenters. The Hall–Kier alpha value is -0.660. The molecule has 1 aliphatic carbocycles. The maximum Gasteiger partial charge on any atom is 0.247 e. The maximum absolute atomic E-state index is 10.1. The molecule has 0 saturated heterocycles. The second-order valence-electron chi connectivity index (χ2n) is 2.10. The monoisotopic (exact) mass is 112 g/mol. The summed E-state index contributed by atoms with van der Waals surface area (Å²) < 4.78 is 0. The van der Waals surface area contributed by atoms with Crippen LogP contribution in [0.25, 0.3) is 0 Å². The number of carboxylic acids is 1. The summed E-state index contributed by atoms with van der Waals surface area (Å²) in [5, 5.41) is 10.1. The second kappa shape index (κ2) is 2.07. The number of hydrogen-bond donors (Lipinski definition) is 0. The van der Waals surface area contributed by atoms with Crippen LogP contribution in [0.1, 0.15) is 25.7 Å². The molecule has 8 heavy (non-hydrogen) atoms. The molecule has 1 rings (SSSR count). The number of carbonyl (C=O) groups is 1. The Morgan fingerprint density at radius 1 is 1.38 bits per heavy atom. The van der Waals surface area contributed by atoms with Crippen molar-refractivity contribution in [2.75, 3.05) is 0 Å². The molecule has 0 aromatic heterocycles. The van der Waals surface area contributed by atoms with Gasteiger partial charge in [0.2, 0.25) is 5.97 Å². The zero-order valence-electron chi connectivity index (χ0n) is 4.64. The largest absolute Gasteiger partial charge is 0.508 e. The van der Waals surface area contributed by atoms with Crippen molar-refractivity contribution < 1.29 is 9.90 Å². The zero-order chi connectivity index (χ0) is 5.98. The lowest BCUT2D eigenvalue weighted by Gasteiger charge is -1.93. The molecule has 0 aromatic rings. The first kappa shape index (κ1) is 5.48. The van der Waals surface area contributed by atoms with Gasteiger partial charge in [-0.1, -0.05) is 0 Å². The van der Waals surface area contributed by atoms with Crippen molar-refractivity contribution in [1.29, 1.82) is 0 Å². The standard InChI is InChI=1S/C6H8O2/c7-6(8)5-3-1-2-4-5/h1-4H2. The lowest BCUT2D eigenvalue weighted by molar-refractivity contribution is -0.302. The number of carbonyl (C=O) groups excluding carboxylic acids is 1. The second-order valence-corrected chi connectivity index (χ2v) is 2.10. The Kier molecular flexibility index (Phi) is 1.42. The van der Waals surface area contributed by atoms with Crippen LogP contribution in [0.3, 0.4) is 0 Å². The number of carboxylic acid groups (broad SMARTS) is 1. The van der Waals surface area contributed by atoms with Gasteiger partial charge in [-0.3, -0.25) is 0 Å². The lowest BCUT2D eigenvalue weighted by atomic mass is 10.1. The van der Waals surface area contributed by atoms with Gasteiger partial charge < -0.3 is 9.90 Å². The smallest absolute Gasteiger partial charge is 0.247 e. The first-order chi connectivity index (χ1) is 3.80. The van der Waals surface area contributed by atoms with E-state index >= 15 is 0 Å². The molecular formula is C6H8O2. The summed E-state index contributed by atoms with van der Waals surface area (Å²) in [5.41, 5.74) is 0. The van der Waals surface area contributed by atoms with Crippen LogP contribution in [0, 0.1) is 5.92 Å². The highest BCUT2D eigenvalue weighted by Gasteiger charge is 2.27. The predicted molar refractivity (Wildman–Crippen MR) is 26.7 cm³/mol. The van der Waals surface area contributed by atoms with Crippen molar-refractivity contribution in [1.82, 2.24) is 0 Å².